The summed E-state index contributed by atoms with van der Waals surface area (Å²) in [7, 11) is -3.72. The third-order valence-corrected chi connectivity index (χ3v) is 5.67. The monoisotopic (exact) mass is 410 g/mol. The molecule has 0 spiro atoms. The fourth-order valence-corrected chi connectivity index (χ4v) is 3.80. The maximum atomic E-state index is 12.6. The number of nitrogens with one attached hydrogen (secondary N) is 2. The van der Waals surface area contributed by atoms with Gasteiger partial charge in [0.25, 0.3) is 15.9 Å². The second kappa shape index (κ2) is 8.79. The van der Waals surface area contributed by atoms with Crippen molar-refractivity contribution in [3.63, 3.8) is 0 Å². The summed E-state index contributed by atoms with van der Waals surface area (Å²) in [6.07, 6.45) is 0. The molecule has 0 saturated heterocycles. The molecule has 150 valence electrons. The number of amides is 1. The number of sulfonamides is 1. The van der Waals surface area contributed by atoms with Crippen LogP contribution in [0.5, 0.6) is 5.75 Å². The summed E-state index contributed by atoms with van der Waals surface area (Å²) in [4.78, 5) is 12.2. The van der Waals surface area contributed by atoms with E-state index in [1.54, 1.807) is 18.2 Å². The van der Waals surface area contributed by atoms with Crippen LogP contribution < -0.4 is 14.8 Å². The van der Waals surface area contributed by atoms with Crippen molar-refractivity contribution in [2.45, 2.75) is 18.7 Å². The average Bonchev–Trinajstić information content (AvgIpc) is 2.69. The zero-order valence-corrected chi connectivity index (χ0v) is 17.0. The normalized spacial score (nSPS) is 11.0. The maximum absolute atomic E-state index is 12.6. The smallest absolute Gasteiger partial charge is 0.262 e. The van der Waals surface area contributed by atoms with Gasteiger partial charge in [-0.2, -0.15) is 0 Å². The molecule has 3 rings (SSSR count). The molecule has 0 aliphatic heterocycles. The number of para-hydroxylation sites is 2. The van der Waals surface area contributed by atoms with Gasteiger partial charge in [0.2, 0.25) is 0 Å². The van der Waals surface area contributed by atoms with Crippen LogP contribution in [-0.2, 0) is 14.8 Å². The van der Waals surface area contributed by atoms with Gasteiger partial charge in [-0.1, -0.05) is 36.4 Å². The number of hydrogen-bond donors (Lipinski definition) is 2. The van der Waals surface area contributed by atoms with E-state index in [4.69, 9.17) is 4.74 Å². The Morgan fingerprint density at radius 1 is 0.862 bits per heavy atom. The van der Waals surface area contributed by atoms with Crippen LogP contribution in [0.1, 0.15) is 11.1 Å². The van der Waals surface area contributed by atoms with E-state index >= 15 is 0 Å². The van der Waals surface area contributed by atoms with Gasteiger partial charge in [-0.05, 0) is 61.4 Å². The highest BCUT2D eigenvalue weighted by Gasteiger charge is 2.15. The number of hydrogen-bond acceptors (Lipinski definition) is 4. The van der Waals surface area contributed by atoms with E-state index in [2.05, 4.69) is 10.0 Å². The minimum atomic E-state index is -3.72. The molecular weight excluding hydrogens is 388 g/mol. The highest BCUT2D eigenvalue weighted by Crippen LogP contribution is 2.21. The number of benzene rings is 3. The Morgan fingerprint density at radius 3 is 2.14 bits per heavy atom. The van der Waals surface area contributed by atoms with Gasteiger partial charge >= 0.3 is 0 Å². The van der Waals surface area contributed by atoms with Crippen LogP contribution in [0.2, 0.25) is 0 Å². The molecule has 0 heterocycles. The highest BCUT2D eigenvalue weighted by atomic mass is 32.2. The first kappa shape index (κ1) is 20.4. The molecule has 29 heavy (non-hydrogen) atoms. The summed E-state index contributed by atoms with van der Waals surface area (Å²) < 4.78 is 33.2. The zero-order chi connectivity index (χ0) is 20.9. The number of rotatable bonds is 7. The minimum absolute atomic E-state index is 0.106. The Morgan fingerprint density at radius 2 is 1.48 bits per heavy atom. The van der Waals surface area contributed by atoms with Gasteiger partial charge < -0.3 is 10.1 Å². The van der Waals surface area contributed by atoms with Crippen molar-refractivity contribution >= 4 is 27.3 Å². The van der Waals surface area contributed by atoms with E-state index in [1.807, 2.05) is 44.2 Å². The molecule has 0 atom stereocenters. The van der Waals surface area contributed by atoms with Crippen molar-refractivity contribution in [1.29, 1.82) is 0 Å². The van der Waals surface area contributed by atoms with Crippen LogP contribution in [0.25, 0.3) is 0 Å². The Bertz CT molecular complexity index is 1110. The molecular formula is C22H22N2O4S. The molecule has 0 saturated carbocycles. The van der Waals surface area contributed by atoms with Crippen molar-refractivity contribution in [3.05, 3.63) is 83.9 Å². The van der Waals surface area contributed by atoms with Crippen LogP contribution in [0.3, 0.4) is 0 Å². The van der Waals surface area contributed by atoms with Crippen LogP contribution in [0.15, 0.2) is 77.7 Å². The zero-order valence-electron chi connectivity index (χ0n) is 16.2. The molecule has 0 aliphatic rings. The summed E-state index contributed by atoms with van der Waals surface area (Å²) in [5.74, 6) is 0.313. The number of anilines is 2. The third-order valence-electron chi connectivity index (χ3n) is 4.29. The van der Waals surface area contributed by atoms with Crippen LogP contribution in [0.4, 0.5) is 11.4 Å². The largest absolute Gasteiger partial charge is 0.483 e. The molecule has 0 fully saturated rings. The van der Waals surface area contributed by atoms with E-state index in [-0.39, 0.29) is 17.4 Å². The molecule has 0 unspecified atom stereocenters. The van der Waals surface area contributed by atoms with E-state index in [0.29, 0.717) is 17.1 Å². The lowest BCUT2D eigenvalue weighted by Gasteiger charge is -2.12. The van der Waals surface area contributed by atoms with Gasteiger partial charge in [-0.3, -0.25) is 9.52 Å². The lowest BCUT2D eigenvalue weighted by Crippen LogP contribution is -2.20. The van der Waals surface area contributed by atoms with Gasteiger partial charge in [0.05, 0.1) is 10.6 Å². The first-order chi connectivity index (χ1) is 13.8. The predicted molar refractivity (Wildman–Crippen MR) is 114 cm³/mol. The SMILES string of the molecule is Cc1ccccc1NS(=O)(=O)c1ccc(NC(=O)COc2ccccc2C)cc1. The molecule has 0 radical (unpaired) electrons. The molecule has 6 nitrogen and oxygen atoms in total. The fraction of sp³-hybridized carbons (Fsp3) is 0.136. The number of ether oxygens (including phenoxy) is 1. The summed E-state index contributed by atoms with van der Waals surface area (Å²) >= 11 is 0. The lowest BCUT2D eigenvalue weighted by atomic mass is 10.2. The Hall–Kier alpha value is -3.32. The van der Waals surface area contributed by atoms with Crippen molar-refractivity contribution in [2.75, 3.05) is 16.6 Å². The third kappa shape index (κ3) is 5.36. The lowest BCUT2D eigenvalue weighted by molar-refractivity contribution is -0.118. The number of aryl methyl sites for hydroxylation is 2. The van der Waals surface area contributed by atoms with Gasteiger partial charge in [-0.15, -0.1) is 0 Å². The molecule has 7 heteroatoms. The maximum Gasteiger partial charge on any atom is 0.262 e. The van der Waals surface area contributed by atoms with Gasteiger partial charge in [0.15, 0.2) is 6.61 Å². The second-order valence-electron chi connectivity index (χ2n) is 6.55. The highest BCUT2D eigenvalue weighted by molar-refractivity contribution is 7.92. The summed E-state index contributed by atoms with van der Waals surface area (Å²) in [5.41, 5.74) is 2.78. The van der Waals surface area contributed by atoms with Crippen LogP contribution in [-0.4, -0.2) is 20.9 Å². The summed E-state index contributed by atoms with van der Waals surface area (Å²) in [5, 5.41) is 2.69. The average molecular weight is 410 g/mol. The van der Waals surface area contributed by atoms with E-state index < -0.39 is 10.0 Å². The molecule has 1 amide bonds. The van der Waals surface area contributed by atoms with E-state index in [1.165, 1.54) is 24.3 Å². The van der Waals surface area contributed by atoms with Crippen LogP contribution in [0, 0.1) is 13.8 Å². The van der Waals surface area contributed by atoms with Crippen LogP contribution >= 0.6 is 0 Å². The molecule has 0 bridgehead atoms. The van der Waals surface area contributed by atoms with Crippen molar-refractivity contribution < 1.29 is 17.9 Å². The summed E-state index contributed by atoms with van der Waals surface area (Å²) in [6.45, 7) is 3.59. The molecule has 3 aromatic rings. The molecule has 0 aromatic heterocycles. The predicted octanol–water partition coefficient (Wildman–Crippen LogP) is 4.12. The fourth-order valence-electron chi connectivity index (χ4n) is 2.67. The summed E-state index contributed by atoms with van der Waals surface area (Å²) in [6, 6.07) is 20.5. The Balaban J connectivity index is 1.61. The first-order valence-corrected chi connectivity index (χ1v) is 10.5. The van der Waals surface area contributed by atoms with E-state index in [9.17, 15) is 13.2 Å². The Labute approximate surface area is 170 Å². The topological polar surface area (TPSA) is 84.5 Å². The standard InChI is InChI=1S/C22H22N2O4S/c1-16-7-3-5-9-20(16)24-29(26,27)19-13-11-18(12-14-19)23-22(25)15-28-21-10-6-4-8-17(21)2/h3-14,24H,15H2,1-2H3,(H,23,25). The van der Waals surface area contributed by atoms with Gasteiger partial charge in [-0.25, -0.2) is 8.42 Å². The molecule has 3 aromatic carbocycles. The van der Waals surface area contributed by atoms with Crippen molar-refractivity contribution in [1.82, 2.24) is 0 Å². The van der Waals surface area contributed by atoms with Gasteiger partial charge in [0.1, 0.15) is 5.75 Å². The first-order valence-electron chi connectivity index (χ1n) is 9.02. The van der Waals surface area contributed by atoms with Crippen molar-refractivity contribution in [3.8, 4) is 5.75 Å². The van der Waals surface area contributed by atoms with E-state index in [0.717, 1.165) is 11.1 Å². The number of carbonyl (C=O) groups is 1. The minimum Gasteiger partial charge on any atom is -0.483 e. The Kier molecular flexibility index (Phi) is 6.19. The second-order valence-corrected chi connectivity index (χ2v) is 8.23. The number of carbonyl (C=O) groups excluding carboxylic acids is 1. The van der Waals surface area contributed by atoms with Gasteiger partial charge in [0, 0.05) is 5.69 Å². The molecule has 2 N–H and O–H groups in total. The molecule has 0 aliphatic carbocycles. The van der Waals surface area contributed by atoms with Crippen molar-refractivity contribution in [2.24, 2.45) is 0 Å². The quantitative estimate of drug-likeness (QED) is 0.614.